The van der Waals surface area contributed by atoms with Crippen LogP contribution in [0.1, 0.15) is 6.92 Å². The van der Waals surface area contributed by atoms with Crippen LogP contribution in [-0.2, 0) is 4.74 Å². The van der Waals surface area contributed by atoms with Crippen LogP contribution in [0.5, 0.6) is 5.75 Å². The zero-order valence-electron chi connectivity index (χ0n) is 10.8. The molecule has 1 aromatic carbocycles. The number of hydrogen-bond acceptors (Lipinski definition) is 5. The average molecular weight is 248 g/mol. The summed E-state index contributed by atoms with van der Waals surface area (Å²) in [5.41, 5.74) is 0.696. The molecule has 2 aromatic rings. The predicted octanol–water partition coefficient (Wildman–Crippen LogP) is 2.06. The molecule has 18 heavy (non-hydrogen) atoms. The first-order valence-electron chi connectivity index (χ1n) is 5.89. The molecular formula is C13H16N2O3. The van der Waals surface area contributed by atoms with Crippen LogP contribution < -0.4 is 9.64 Å². The number of benzene rings is 1. The van der Waals surface area contributed by atoms with Crippen molar-refractivity contribution in [3.63, 3.8) is 0 Å². The van der Waals surface area contributed by atoms with Crippen molar-refractivity contribution in [2.75, 3.05) is 32.2 Å². The van der Waals surface area contributed by atoms with Gasteiger partial charge in [-0.1, -0.05) is 5.16 Å². The van der Waals surface area contributed by atoms with Gasteiger partial charge in [0.05, 0.1) is 31.2 Å². The fourth-order valence-electron chi connectivity index (χ4n) is 2.30. The van der Waals surface area contributed by atoms with Crippen molar-refractivity contribution in [1.29, 1.82) is 0 Å². The lowest BCUT2D eigenvalue weighted by Crippen LogP contribution is -2.61. The van der Waals surface area contributed by atoms with Crippen molar-refractivity contribution >= 4 is 16.8 Å². The van der Waals surface area contributed by atoms with E-state index in [4.69, 9.17) is 14.0 Å². The van der Waals surface area contributed by atoms with Crippen molar-refractivity contribution in [2.45, 2.75) is 12.5 Å². The van der Waals surface area contributed by atoms with E-state index in [1.807, 2.05) is 18.2 Å². The highest BCUT2D eigenvalue weighted by molar-refractivity contribution is 5.90. The molecule has 2 heterocycles. The van der Waals surface area contributed by atoms with E-state index in [0.717, 1.165) is 35.6 Å². The van der Waals surface area contributed by atoms with Gasteiger partial charge in [-0.25, -0.2) is 0 Å². The summed E-state index contributed by atoms with van der Waals surface area (Å²) < 4.78 is 16.0. The monoisotopic (exact) mass is 248 g/mol. The molecule has 0 radical (unpaired) electrons. The van der Waals surface area contributed by atoms with Gasteiger partial charge in [-0.15, -0.1) is 0 Å². The number of aromatic nitrogens is 1. The van der Waals surface area contributed by atoms with Gasteiger partial charge in [0.2, 0.25) is 0 Å². The van der Waals surface area contributed by atoms with Gasteiger partial charge < -0.3 is 18.9 Å². The van der Waals surface area contributed by atoms with Crippen LogP contribution in [0, 0.1) is 0 Å². The predicted molar refractivity (Wildman–Crippen MR) is 68.2 cm³/mol. The highest BCUT2D eigenvalue weighted by Gasteiger charge is 2.40. The molecule has 0 saturated carbocycles. The first-order valence-corrected chi connectivity index (χ1v) is 5.89. The van der Waals surface area contributed by atoms with E-state index in [2.05, 4.69) is 17.0 Å². The Morgan fingerprint density at radius 1 is 1.33 bits per heavy atom. The summed E-state index contributed by atoms with van der Waals surface area (Å²) in [6, 6.07) is 5.69. The highest BCUT2D eigenvalue weighted by atomic mass is 16.5. The molecule has 1 aromatic heterocycles. The van der Waals surface area contributed by atoms with Crippen molar-refractivity contribution in [3.8, 4) is 5.75 Å². The Hall–Kier alpha value is -1.75. The number of rotatable bonds is 3. The summed E-state index contributed by atoms with van der Waals surface area (Å²) in [5, 5.41) is 5.11. The van der Waals surface area contributed by atoms with Crippen LogP contribution in [0.25, 0.3) is 11.0 Å². The third kappa shape index (κ3) is 1.62. The summed E-state index contributed by atoms with van der Waals surface area (Å²) in [5.74, 6) is 1.67. The molecule has 1 fully saturated rings. The lowest BCUT2D eigenvalue weighted by atomic mass is 9.96. The van der Waals surface area contributed by atoms with Gasteiger partial charge in [0.25, 0.3) is 0 Å². The van der Waals surface area contributed by atoms with Crippen LogP contribution >= 0.6 is 0 Å². The van der Waals surface area contributed by atoms with E-state index >= 15 is 0 Å². The van der Waals surface area contributed by atoms with Gasteiger partial charge in [-0.05, 0) is 25.1 Å². The maximum Gasteiger partial charge on any atom is 0.180 e. The summed E-state index contributed by atoms with van der Waals surface area (Å²) in [4.78, 5) is 2.15. The molecule has 1 aliphatic rings. The number of anilines is 1. The van der Waals surface area contributed by atoms with Crippen molar-refractivity contribution in [1.82, 2.24) is 5.16 Å². The van der Waals surface area contributed by atoms with Gasteiger partial charge in [0.15, 0.2) is 11.4 Å². The molecule has 0 N–H and O–H groups in total. The molecule has 96 valence electrons. The molecule has 0 aliphatic carbocycles. The van der Waals surface area contributed by atoms with Crippen LogP contribution in [0.15, 0.2) is 22.7 Å². The number of ether oxygens (including phenoxy) is 2. The van der Waals surface area contributed by atoms with Gasteiger partial charge >= 0.3 is 0 Å². The molecule has 1 aliphatic heterocycles. The summed E-state index contributed by atoms with van der Waals surface area (Å²) in [7, 11) is 3.39. The molecule has 3 rings (SSSR count). The Morgan fingerprint density at radius 2 is 2.11 bits per heavy atom. The normalized spacial score (nSPS) is 17.8. The SMILES string of the molecule is COc1ccc2onc(N3CC(C)(OC)C3)c2c1. The average Bonchev–Trinajstić information content (AvgIpc) is 2.77. The number of fused-ring (bicyclic) bond motifs is 1. The summed E-state index contributed by atoms with van der Waals surface area (Å²) in [6.45, 7) is 3.73. The van der Waals surface area contributed by atoms with Crippen molar-refractivity contribution in [2.24, 2.45) is 0 Å². The number of nitrogens with zero attached hydrogens (tertiary/aromatic N) is 2. The van der Waals surface area contributed by atoms with Crippen molar-refractivity contribution in [3.05, 3.63) is 18.2 Å². The molecule has 0 amide bonds. The third-order valence-corrected chi connectivity index (χ3v) is 3.50. The van der Waals surface area contributed by atoms with E-state index < -0.39 is 0 Å². The summed E-state index contributed by atoms with van der Waals surface area (Å²) >= 11 is 0. The van der Waals surface area contributed by atoms with Gasteiger partial charge in [0, 0.05) is 7.11 Å². The first-order chi connectivity index (χ1) is 8.65. The van der Waals surface area contributed by atoms with Crippen LogP contribution in [0.3, 0.4) is 0 Å². The Bertz CT molecular complexity index is 573. The molecule has 0 bridgehead atoms. The standard InChI is InChI=1S/C13H16N2O3/c1-13(17-3)7-15(8-13)12-10-6-9(16-2)4-5-11(10)18-14-12/h4-6H,7-8H2,1-3H3. The highest BCUT2D eigenvalue weighted by Crippen LogP contribution is 2.35. The molecule has 0 unspecified atom stereocenters. The molecule has 1 saturated heterocycles. The summed E-state index contributed by atoms with van der Waals surface area (Å²) in [6.07, 6.45) is 0. The molecule has 0 atom stereocenters. The maximum atomic E-state index is 5.43. The minimum atomic E-state index is -0.0792. The zero-order chi connectivity index (χ0) is 12.8. The zero-order valence-corrected chi connectivity index (χ0v) is 10.8. The largest absolute Gasteiger partial charge is 0.497 e. The maximum absolute atomic E-state index is 5.43. The first kappa shape index (κ1) is 11.3. The fraction of sp³-hybridized carbons (Fsp3) is 0.462. The Kier molecular flexibility index (Phi) is 2.45. The lowest BCUT2D eigenvalue weighted by molar-refractivity contribution is -0.0172. The quantitative estimate of drug-likeness (QED) is 0.832. The second-order valence-corrected chi connectivity index (χ2v) is 4.88. The molecular weight excluding hydrogens is 232 g/mol. The van der Waals surface area contributed by atoms with E-state index in [9.17, 15) is 0 Å². The molecule has 0 spiro atoms. The van der Waals surface area contributed by atoms with E-state index in [1.54, 1.807) is 14.2 Å². The second-order valence-electron chi connectivity index (χ2n) is 4.88. The Morgan fingerprint density at radius 3 is 2.78 bits per heavy atom. The fourth-order valence-corrected chi connectivity index (χ4v) is 2.30. The van der Waals surface area contributed by atoms with E-state index in [-0.39, 0.29) is 5.60 Å². The lowest BCUT2D eigenvalue weighted by Gasteiger charge is -2.46. The van der Waals surface area contributed by atoms with Crippen LogP contribution in [0.4, 0.5) is 5.82 Å². The number of hydrogen-bond donors (Lipinski definition) is 0. The molecule has 5 nitrogen and oxygen atoms in total. The van der Waals surface area contributed by atoms with E-state index in [0.29, 0.717) is 0 Å². The van der Waals surface area contributed by atoms with Crippen molar-refractivity contribution < 1.29 is 14.0 Å². The third-order valence-electron chi connectivity index (χ3n) is 3.50. The minimum Gasteiger partial charge on any atom is -0.497 e. The number of methoxy groups -OCH3 is 2. The van der Waals surface area contributed by atoms with Crippen LogP contribution in [0.2, 0.25) is 0 Å². The second kappa shape index (κ2) is 3.88. The smallest absolute Gasteiger partial charge is 0.180 e. The van der Waals surface area contributed by atoms with Gasteiger partial charge in [-0.3, -0.25) is 0 Å². The Labute approximate surface area is 105 Å². The topological polar surface area (TPSA) is 47.7 Å². The van der Waals surface area contributed by atoms with Gasteiger partial charge in [0.1, 0.15) is 5.75 Å². The van der Waals surface area contributed by atoms with Gasteiger partial charge in [-0.2, -0.15) is 0 Å². The van der Waals surface area contributed by atoms with E-state index in [1.165, 1.54) is 0 Å². The van der Waals surface area contributed by atoms with Crippen LogP contribution in [-0.4, -0.2) is 38.1 Å². The minimum absolute atomic E-state index is 0.0792. The molecule has 5 heteroatoms. The Balaban J connectivity index is 1.93.